The highest BCUT2D eigenvalue weighted by molar-refractivity contribution is 5.90. The smallest absolute Gasteiger partial charge is 0.356 e. The van der Waals surface area contributed by atoms with E-state index < -0.39 is 5.97 Å². The van der Waals surface area contributed by atoms with Crippen LogP contribution in [0.2, 0.25) is 0 Å². The first-order chi connectivity index (χ1) is 10.5. The van der Waals surface area contributed by atoms with Crippen LogP contribution in [-0.2, 0) is 0 Å². The molecule has 0 aromatic carbocycles. The van der Waals surface area contributed by atoms with Crippen LogP contribution in [0.1, 0.15) is 42.5 Å². The van der Waals surface area contributed by atoms with Gasteiger partial charge in [0.1, 0.15) is 0 Å². The van der Waals surface area contributed by atoms with Gasteiger partial charge in [0.2, 0.25) is 0 Å². The number of carbonyl (C=O) groups is 1. The molecular formula is C18H22N2O2. The van der Waals surface area contributed by atoms with Crippen LogP contribution in [0.15, 0.2) is 49.1 Å². The fourth-order valence-corrected chi connectivity index (χ4v) is 2.13. The van der Waals surface area contributed by atoms with Crippen molar-refractivity contribution < 1.29 is 9.90 Å². The predicted octanol–water partition coefficient (Wildman–Crippen LogP) is 4.47. The lowest BCUT2D eigenvalue weighted by molar-refractivity contribution is 0.0689. The van der Waals surface area contributed by atoms with Gasteiger partial charge >= 0.3 is 5.97 Å². The van der Waals surface area contributed by atoms with Gasteiger partial charge in [-0.3, -0.25) is 0 Å². The standard InChI is InChI=1S/C18H22N2O2/c1-6-10-12-14(8-3)17-13(5)16(18(21)22)19-20(17)15(9-4)11-7-2/h6-12H,3H2,1-2,4-5H3,(H,21,22)/b10-6-,11-7-,14-12+,15-9+. The van der Waals surface area contributed by atoms with Crippen LogP contribution >= 0.6 is 0 Å². The van der Waals surface area contributed by atoms with Crippen molar-refractivity contribution in [1.82, 2.24) is 9.78 Å². The van der Waals surface area contributed by atoms with Crippen molar-refractivity contribution in [2.24, 2.45) is 0 Å². The van der Waals surface area contributed by atoms with Crippen molar-refractivity contribution in [3.8, 4) is 0 Å². The van der Waals surface area contributed by atoms with E-state index in [0.29, 0.717) is 5.56 Å². The Morgan fingerprint density at radius 1 is 1.27 bits per heavy atom. The lowest BCUT2D eigenvalue weighted by Gasteiger charge is -2.09. The zero-order valence-corrected chi connectivity index (χ0v) is 13.5. The van der Waals surface area contributed by atoms with Gasteiger partial charge in [0.05, 0.1) is 11.4 Å². The summed E-state index contributed by atoms with van der Waals surface area (Å²) in [7, 11) is 0. The number of aromatic carboxylic acids is 1. The second kappa shape index (κ2) is 7.98. The van der Waals surface area contributed by atoms with Gasteiger partial charge in [-0.1, -0.05) is 43.0 Å². The average molecular weight is 298 g/mol. The molecule has 1 aromatic heterocycles. The Hall–Kier alpha value is -2.62. The van der Waals surface area contributed by atoms with Gasteiger partial charge in [0.25, 0.3) is 0 Å². The number of rotatable bonds is 6. The quantitative estimate of drug-likeness (QED) is 0.788. The highest BCUT2D eigenvalue weighted by atomic mass is 16.4. The fraction of sp³-hybridized carbons (Fsp3) is 0.222. The molecule has 0 atom stereocenters. The molecule has 0 aliphatic heterocycles. The predicted molar refractivity (Wildman–Crippen MR) is 91.7 cm³/mol. The summed E-state index contributed by atoms with van der Waals surface area (Å²) >= 11 is 0. The Morgan fingerprint density at radius 2 is 1.95 bits per heavy atom. The van der Waals surface area contributed by atoms with Gasteiger partial charge in [-0.15, -0.1) is 0 Å². The second-order valence-corrected chi connectivity index (χ2v) is 4.60. The minimum Gasteiger partial charge on any atom is -0.476 e. The molecule has 22 heavy (non-hydrogen) atoms. The topological polar surface area (TPSA) is 55.1 Å². The Balaban J connectivity index is 3.73. The van der Waals surface area contributed by atoms with E-state index in [1.54, 1.807) is 17.7 Å². The molecule has 0 radical (unpaired) electrons. The van der Waals surface area contributed by atoms with E-state index in [9.17, 15) is 9.90 Å². The molecular weight excluding hydrogens is 276 g/mol. The molecule has 4 nitrogen and oxygen atoms in total. The first kappa shape index (κ1) is 17.4. The number of carboxylic acid groups (broad SMARTS) is 1. The van der Waals surface area contributed by atoms with E-state index in [1.807, 2.05) is 57.2 Å². The highest BCUT2D eigenvalue weighted by Gasteiger charge is 2.21. The van der Waals surface area contributed by atoms with Crippen molar-refractivity contribution >= 4 is 17.2 Å². The van der Waals surface area contributed by atoms with Gasteiger partial charge < -0.3 is 5.11 Å². The van der Waals surface area contributed by atoms with Gasteiger partial charge in [-0.2, -0.15) is 5.10 Å². The summed E-state index contributed by atoms with van der Waals surface area (Å²) < 4.78 is 1.65. The average Bonchev–Trinajstić information content (AvgIpc) is 2.84. The van der Waals surface area contributed by atoms with Crippen molar-refractivity contribution in [3.05, 3.63) is 66.1 Å². The minimum atomic E-state index is -1.04. The third-order valence-corrected chi connectivity index (χ3v) is 3.16. The Bertz CT molecular complexity index is 686. The molecule has 1 aromatic rings. The molecule has 4 heteroatoms. The maximum atomic E-state index is 11.4. The summed E-state index contributed by atoms with van der Waals surface area (Å²) in [5.74, 6) is -1.04. The molecule has 0 aliphatic carbocycles. The van der Waals surface area contributed by atoms with Gasteiger partial charge in [-0.25, -0.2) is 9.48 Å². The number of aromatic nitrogens is 2. The van der Waals surface area contributed by atoms with E-state index in [2.05, 4.69) is 11.7 Å². The summed E-state index contributed by atoms with van der Waals surface area (Å²) in [6, 6.07) is 0. The molecule has 0 unspecified atom stereocenters. The van der Waals surface area contributed by atoms with E-state index in [-0.39, 0.29) is 5.69 Å². The highest BCUT2D eigenvalue weighted by Crippen LogP contribution is 2.26. The second-order valence-electron chi connectivity index (χ2n) is 4.60. The van der Waals surface area contributed by atoms with Gasteiger partial charge in [0, 0.05) is 5.56 Å². The number of nitrogens with zero attached hydrogens (tertiary/aromatic N) is 2. The maximum absolute atomic E-state index is 11.4. The molecule has 0 saturated heterocycles. The largest absolute Gasteiger partial charge is 0.476 e. The molecule has 0 aliphatic rings. The molecule has 0 bridgehead atoms. The van der Waals surface area contributed by atoms with Crippen LogP contribution in [0.5, 0.6) is 0 Å². The molecule has 1 N–H and O–H groups in total. The fourth-order valence-electron chi connectivity index (χ4n) is 2.13. The van der Waals surface area contributed by atoms with Gasteiger partial charge in [0.15, 0.2) is 5.69 Å². The van der Waals surface area contributed by atoms with Crippen LogP contribution in [0.3, 0.4) is 0 Å². The van der Waals surface area contributed by atoms with Crippen LogP contribution in [-0.4, -0.2) is 20.9 Å². The molecule has 0 spiro atoms. The molecule has 0 fully saturated rings. The molecule has 1 rings (SSSR count). The van der Waals surface area contributed by atoms with Crippen molar-refractivity contribution in [3.63, 3.8) is 0 Å². The van der Waals surface area contributed by atoms with Crippen LogP contribution < -0.4 is 0 Å². The SMILES string of the molecule is C=C/C(=C\C=C/C)c1c(C)c(C(=O)O)nn1C(/C=C\C)=C/C. The number of carboxylic acids is 1. The molecule has 0 amide bonds. The van der Waals surface area contributed by atoms with Crippen LogP contribution in [0.25, 0.3) is 11.3 Å². The van der Waals surface area contributed by atoms with E-state index >= 15 is 0 Å². The van der Waals surface area contributed by atoms with E-state index in [0.717, 1.165) is 17.0 Å². The van der Waals surface area contributed by atoms with Crippen LogP contribution in [0, 0.1) is 6.92 Å². The summed E-state index contributed by atoms with van der Waals surface area (Å²) in [4.78, 5) is 11.4. The number of allylic oxidation sites excluding steroid dienone is 9. The van der Waals surface area contributed by atoms with Crippen molar-refractivity contribution in [2.75, 3.05) is 0 Å². The molecule has 116 valence electrons. The lowest BCUT2D eigenvalue weighted by atomic mass is 10.1. The first-order valence-electron chi connectivity index (χ1n) is 7.09. The van der Waals surface area contributed by atoms with Crippen LogP contribution in [0.4, 0.5) is 0 Å². The summed E-state index contributed by atoms with van der Waals surface area (Å²) in [5, 5.41) is 13.6. The Morgan fingerprint density at radius 3 is 2.41 bits per heavy atom. The number of hydrogen-bond acceptors (Lipinski definition) is 2. The summed E-state index contributed by atoms with van der Waals surface area (Å²) in [6.07, 6.45) is 13.0. The zero-order valence-electron chi connectivity index (χ0n) is 13.5. The molecule has 1 heterocycles. The number of hydrogen-bond donors (Lipinski definition) is 1. The summed E-state index contributed by atoms with van der Waals surface area (Å²) in [6.45, 7) is 11.3. The molecule has 0 saturated carbocycles. The van der Waals surface area contributed by atoms with E-state index in [4.69, 9.17) is 0 Å². The lowest BCUT2D eigenvalue weighted by Crippen LogP contribution is -2.04. The Kier molecular flexibility index (Phi) is 6.32. The van der Waals surface area contributed by atoms with E-state index in [1.165, 1.54) is 0 Å². The van der Waals surface area contributed by atoms with Gasteiger partial charge in [-0.05, 0) is 39.3 Å². The maximum Gasteiger partial charge on any atom is 0.356 e. The van der Waals surface area contributed by atoms with Crippen molar-refractivity contribution in [1.29, 1.82) is 0 Å². The van der Waals surface area contributed by atoms with Crippen molar-refractivity contribution in [2.45, 2.75) is 27.7 Å². The zero-order chi connectivity index (χ0) is 16.7. The third kappa shape index (κ3) is 3.52. The normalized spacial score (nSPS) is 13.3. The minimum absolute atomic E-state index is 0.0482. The monoisotopic (exact) mass is 298 g/mol. The first-order valence-corrected chi connectivity index (χ1v) is 7.09. The third-order valence-electron chi connectivity index (χ3n) is 3.16. The summed E-state index contributed by atoms with van der Waals surface area (Å²) in [5.41, 5.74) is 3.02. The Labute approximate surface area is 131 Å².